The van der Waals surface area contributed by atoms with Crippen molar-refractivity contribution in [3.05, 3.63) is 69.5 Å². The molecule has 21 heavy (non-hydrogen) atoms. The molecule has 0 saturated carbocycles. The van der Waals surface area contributed by atoms with Crippen molar-refractivity contribution in [1.29, 1.82) is 0 Å². The van der Waals surface area contributed by atoms with Crippen molar-refractivity contribution in [3.63, 3.8) is 0 Å². The molecule has 3 heteroatoms. The number of benzene rings is 2. The quantitative estimate of drug-likeness (QED) is 0.820. The first-order valence-corrected chi connectivity index (χ1v) is 7.63. The molecule has 2 rings (SSSR count). The predicted octanol–water partition coefficient (Wildman–Crippen LogP) is 4.99. The number of nitrogens with one attached hydrogen (secondary N) is 1. The number of likely N-dealkylation sites (N-methyl/N-ethyl adjacent to an activating group) is 1. The molecule has 112 valence electrons. The van der Waals surface area contributed by atoms with E-state index in [2.05, 4.69) is 44.3 Å². The van der Waals surface area contributed by atoms with Crippen molar-refractivity contribution in [3.8, 4) is 0 Å². The molecule has 0 heterocycles. The summed E-state index contributed by atoms with van der Waals surface area (Å²) < 4.78 is 13.7. The molecule has 0 bridgehead atoms. The Hall–Kier alpha value is -1.38. The molecule has 0 spiro atoms. The maximum atomic E-state index is 13.7. The van der Waals surface area contributed by atoms with Gasteiger partial charge in [-0.2, -0.15) is 0 Å². The minimum Gasteiger partial charge on any atom is -0.310 e. The van der Waals surface area contributed by atoms with Crippen LogP contribution in [0.15, 0.2) is 36.4 Å². The van der Waals surface area contributed by atoms with Crippen LogP contribution in [-0.2, 0) is 6.42 Å². The number of halogens is 2. The van der Waals surface area contributed by atoms with Crippen LogP contribution in [0.5, 0.6) is 0 Å². The second-order valence-corrected chi connectivity index (χ2v) is 5.89. The maximum Gasteiger partial charge on any atom is 0.142 e. The topological polar surface area (TPSA) is 12.0 Å². The Bertz CT molecular complexity index is 604. The Morgan fingerprint density at radius 1 is 1.10 bits per heavy atom. The minimum absolute atomic E-state index is 0.0861. The number of hydrogen-bond acceptors (Lipinski definition) is 1. The Kier molecular flexibility index (Phi) is 5.38. The fourth-order valence-corrected chi connectivity index (χ4v) is 2.82. The summed E-state index contributed by atoms with van der Waals surface area (Å²) in [6.45, 7) is 7.09. The molecule has 0 saturated heterocycles. The van der Waals surface area contributed by atoms with Crippen LogP contribution in [0.4, 0.5) is 4.39 Å². The Morgan fingerprint density at radius 2 is 1.76 bits per heavy atom. The van der Waals surface area contributed by atoms with Crippen molar-refractivity contribution in [2.45, 2.75) is 33.2 Å². The molecular weight excluding hydrogens is 285 g/mol. The zero-order chi connectivity index (χ0) is 15.4. The fraction of sp³-hybridized carbons (Fsp3) is 0.333. The summed E-state index contributed by atoms with van der Waals surface area (Å²) in [6, 6.07) is 11.7. The highest BCUT2D eigenvalue weighted by Gasteiger charge is 2.13. The summed E-state index contributed by atoms with van der Waals surface area (Å²) in [4.78, 5) is 0. The van der Waals surface area contributed by atoms with E-state index >= 15 is 0 Å². The van der Waals surface area contributed by atoms with E-state index in [0.717, 1.165) is 18.5 Å². The summed E-state index contributed by atoms with van der Waals surface area (Å²) >= 11 is 5.77. The van der Waals surface area contributed by atoms with Crippen LogP contribution in [0.1, 0.15) is 35.2 Å². The maximum absolute atomic E-state index is 13.7. The smallest absolute Gasteiger partial charge is 0.142 e. The van der Waals surface area contributed by atoms with E-state index in [1.54, 1.807) is 6.07 Å². The Morgan fingerprint density at radius 3 is 2.33 bits per heavy atom. The highest BCUT2D eigenvalue weighted by molar-refractivity contribution is 6.30. The third-order valence-corrected chi connectivity index (χ3v) is 3.82. The highest BCUT2D eigenvalue weighted by atomic mass is 35.5. The standard InChI is InChI=1S/C18H21ClFN/c1-4-21-18(15-5-6-16(19)17(20)11-15)10-14-8-12(2)7-13(3)9-14/h5-9,11,18,21H,4,10H2,1-3H3. The van der Waals surface area contributed by atoms with Gasteiger partial charge in [-0.25, -0.2) is 4.39 Å². The van der Waals surface area contributed by atoms with Crippen LogP contribution >= 0.6 is 11.6 Å². The van der Waals surface area contributed by atoms with E-state index in [1.165, 1.54) is 22.8 Å². The van der Waals surface area contributed by atoms with Crippen molar-refractivity contribution in [2.75, 3.05) is 6.54 Å². The zero-order valence-corrected chi connectivity index (χ0v) is 13.5. The van der Waals surface area contributed by atoms with E-state index in [9.17, 15) is 4.39 Å². The van der Waals surface area contributed by atoms with Gasteiger partial charge in [-0.3, -0.25) is 0 Å². The molecule has 1 atom stereocenters. The molecule has 0 radical (unpaired) electrons. The van der Waals surface area contributed by atoms with E-state index in [4.69, 9.17) is 11.6 Å². The lowest BCUT2D eigenvalue weighted by molar-refractivity contribution is 0.542. The highest BCUT2D eigenvalue weighted by Crippen LogP contribution is 2.24. The summed E-state index contributed by atoms with van der Waals surface area (Å²) in [6.07, 6.45) is 0.831. The van der Waals surface area contributed by atoms with Crippen molar-refractivity contribution in [2.24, 2.45) is 0 Å². The van der Waals surface area contributed by atoms with Gasteiger partial charge in [-0.15, -0.1) is 0 Å². The van der Waals surface area contributed by atoms with Gasteiger partial charge in [-0.1, -0.05) is 53.9 Å². The third-order valence-electron chi connectivity index (χ3n) is 3.52. The molecule has 0 amide bonds. The van der Waals surface area contributed by atoms with E-state index in [1.807, 2.05) is 6.07 Å². The first kappa shape index (κ1) is 16.0. The van der Waals surface area contributed by atoms with Crippen LogP contribution in [-0.4, -0.2) is 6.54 Å². The van der Waals surface area contributed by atoms with Crippen LogP contribution in [0.25, 0.3) is 0 Å². The largest absolute Gasteiger partial charge is 0.310 e. The van der Waals surface area contributed by atoms with Gasteiger partial charge in [0.2, 0.25) is 0 Å². The van der Waals surface area contributed by atoms with Crippen LogP contribution in [0, 0.1) is 19.7 Å². The average molecular weight is 306 g/mol. The molecule has 1 unspecified atom stereocenters. The minimum atomic E-state index is -0.363. The van der Waals surface area contributed by atoms with Crippen molar-refractivity contribution >= 4 is 11.6 Å². The van der Waals surface area contributed by atoms with Gasteiger partial charge in [0.05, 0.1) is 5.02 Å². The second-order valence-electron chi connectivity index (χ2n) is 5.48. The van der Waals surface area contributed by atoms with E-state index in [-0.39, 0.29) is 16.9 Å². The summed E-state index contributed by atoms with van der Waals surface area (Å²) in [7, 11) is 0. The lowest BCUT2D eigenvalue weighted by atomic mass is 9.96. The molecule has 0 aliphatic carbocycles. The van der Waals surface area contributed by atoms with Gasteiger partial charge >= 0.3 is 0 Å². The lowest BCUT2D eigenvalue weighted by Gasteiger charge is -2.19. The first-order valence-electron chi connectivity index (χ1n) is 7.25. The molecule has 1 N–H and O–H groups in total. The number of aryl methyl sites for hydroxylation is 2. The molecular formula is C18H21ClFN. The fourth-order valence-electron chi connectivity index (χ4n) is 2.71. The monoisotopic (exact) mass is 305 g/mol. The van der Waals surface area contributed by atoms with Gasteiger partial charge in [0, 0.05) is 6.04 Å². The molecule has 2 aromatic rings. The van der Waals surface area contributed by atoms with E-state index in [0.29, 0.717) is 0 Å². The molecule has 2 aromatic carbocycles. The molecule has 0 aliphatic rings. The van der Waals surface area contributed by atoms with Gasteiger partial charge < -0.3 is 5.32 Å². The van der Waals surface area contributed by atoms with Gasteiger partial charge in [0.1, 0.15) is 5.82 Å². The van der Waals surface area contributed by atoms with Crippen molar-refractivity contribution < 1.29 is 4.39 Å². The summed E-state index contributed by atoms with van der Waals surface area (Å²) in [5, 5.41) is 3.59. The van der Waals surface area contributed by atoms with Crippen LogP contribution < -0.4 is 5.32 Å². The number of hydrogen-bond donors (Lipinski definition) is 1. The van der Waals surface area contributed by atoms with Crippen LogP contribution in [0.3, 0.4) is 0 Å². The zero-order valence-electron chi connectivity index (χ0n) is 12.7. The molecule has 0 aliphatic heterocycles. The Balaban J connectivity index is 2.27. The van der Waals surface area contributed by atoms with Gasteiger partial charge in [0.25, 0.3) is 0 Å². The van der Waals surface area contributed by atoms with Crippen LogP contribution in [0.2, 0.25) is 5.02 Å². The molecule has 1 nitrogen and oxygen atoms in total. The Labute approximate surface area is 131 Å². The third kappa shape index (κ3) is 4.29. The average Bonchev–Trinajstić information content (AvgIpc) is 2.40. The predicted molar refractivity (Wildman–Crippen MR) is 87.4 cm³/mol. The van der Waals surface area contributed by atoms with E-state index < -0.39 is 0 Å². The summed E-state index contributed by atoms with van der Waals surface area (Å²) in [5.74, 6) is -0.363. The molecule has 0 aromatic heterocycles. The number of rotatable bonds is 5. The van der Waals surface area contributed by atoms with Gasteiger partial charge in [-0.05, 0) is 50.1 Å². The SMILES string of the molecule is CCNC(Cc1cc(C)cc(C)c1)c1ccc(Cl)c(F)c1. The second kappa shape index (κ2) is 7.06. The van der Waals surface area contributed by atoms with Gasteiger partial charge in [0.15, 0.2) is 0 Å². The van der Waals surface area contributed by atoms with Crippen molar-refractivity contribution in [1.82, 2.24) is 5.32 Å². The molecule has 0 fully saturated rings. The normalized spacial score (nSPS) is 12.4. The summed E-state index contributed by atoms with van der Waals surface area (Å²) in [5.41, 5.74) is 4.69. The first-order chi connectivity index (χ1) is 9.99. The lowest BCUT2D eigenvalue weighted by Crippen LogP contribution is -2.23.